The van der Waals surface area contributed by atoms with Gasteiger partial charge in [0.25, 0.3) is 0 Å². The minimum Gasteiger partial charge on any atom is -0.480 e. The van der Waals surface area contributed by atoms with Crippen molar-refractivity contribution in [2.24, 2.45) is 0 Å². The smallest absolute Gasteiger partial charge is 0.317 e. The summed E-state index contributed by atoms with van der Waals surface area (Å²) in [5.74, 6) is -0.812. The van der Waals surface area contributed by atoms with Crippen LogP contribution < -0.4 is 0 Å². The number of piperidine rings is 1. The first-order chi connectivity index (χ1) is 11.4. The lowest BCUT2D eigenvalue weighted by atomic mass is 10.0. The van der Waals surface area contributed by atoms with Crippen LogP contribution in [-0.4, -0.2) is 59.0 Å². The summed E-state index contributed by atoms with van der Waals surface area (Å²) in [7, 11) is 0. The van der Waals surface area contributed by atoms with Crippen molar-refractivity contribution in [1.29, 1.82) is 0 Å². The Hall–Kier alpha value is -1.30. The number of rotatable bonds is 6. The zero-order chi connectivity index (χ0) is 17.7. The number of likely N-dealkylation sites (tertiary alicyclic amines) is 1. The van der Waals surface area contributed by atoms with Gasteiger partial charge < -0.3 is 10.0 Å². The Morgan fingerprint density at radius 3 is 2.33 bits per heavy atom. The fourth-order valence-corrected chi connectivity index (χ4v) is 3.65. The third-order valence-corrected chi connectivity index (χ3v) is 5.18. The minimum atomic E-state index is -0.816. The van der Waals surface area contributed by atoms with Gasteiger partial charge in [-0.05, 0) is 37.1 Å². The Morgan fingerprint density at radius 1 is 1.25 bits per heavy atom. The van der Waals surface area contributed by atoms with Crippen molar-refractivity contribution in [1.82, 2.24) is 9.80 Å². The molecule has 7 heteroatoms. The van der Waals surface area contributed by atoms with Gasteiger partial charge in [0.2, 0.25) is 5.91 Å². The van der Waals surface area contributed by atoms with Crippen LogP contribution in [0.3, 0.4) is 0 Å². The molecule has 0 aliphatic carbocycles. The molecule has 1 aliphatic rings. The second-order valence-electron chi connectivity index (χ2n) is 5.95. The maximum Gasteiger partial charge on any atom is 0.317 e. The van der Waals surface area contributed by atoms with Crippen LogP contribution in [-0.2, 0) is 16.0 Å². The molecule has 132 valence electrons. The molecule has 1 aromatic rings. The lowest BCUT2D eigenvalue weighted by molar-refractivity contribution is -0.140. The third-order valence-electron chi connectivity index (χ3n) is 4.47. The lowest BCUT2D eigenvalue weighted by Crippen LogP contribution is -2.48. The molecule has 0 atom stereocenters. The van der Waals surface area contributed by atoms with Gasteiger partial charge in [-0.3, -0.25) is 14.5 Å². The molecule has 1 N–H and O–H groups in total. The average Bonchev–Trinajstić information content (AvgIpc) is 2.56. The molecule has 2 rings (SSSR count). The van der Waals surface area contributed by atoms with Crippen LogP contribution in [0.1, 0.15) is 25.3 Å². The number of carbonyl (C=O) groups is 2. The molecule has 0 radical (unpaired) electrons. The summed E-state index contributed by atoms with van der Waals surface area (Å²) in [5, 5.41) is 9.98. The number of hydrogen-bond acceptors (Lipinski definition) is 3. The largest absolute Gasteiger partial charge is 0.480 e. The maximum atomic E-state index is 12.5. The number of carbonyl (C=O) groups excluding carboxylic acids is 1. The zero-order valence-corrected chi connectivity index (χ0v) is 15.2. The predicted octanol–water partition coefficient (Wildman–Crippen LogP) is 2.93. The Balaban J connectivity index is 1.92. The van der Waals surface area contributed by atoms with E-state index in [1.54, 1.807) is 18.2 Å². The Kier molecular flexibility index (Phi) is 6.90. The van der Waals surface area contributed by atoms with Gasteiger partial charge in [-0.25, -0.2) is 0 Å². The first-order valence-electron chi connectivity index (χ1n) is 8.08. The number of benzene rings is 1. The SMILES string of the molecule is CCN(CC(=O)O)C1CCN(C(=O)Cc2c(Cl)cccc2Cl)CC1. The Morgan fingerprint density at radius 2 is 1.83 bits per heavy atom. The summed E-state index contributed by atoms with van der Waals surface area (Å²) >= 11 is 12.3. The normalized spacial score (nSPS) is 15.8. The second-order valence-corrected chi connectivity index (χ2v) is 6.76. The monoisotopic (exact) mass is 372 g/mol. The summed E-state index contributed by atoms with van der Waals surface area (Å²) in [5.41, 5.74) is 0.661. The molecule has 0 aromatic heterocycles. The van der Waals surface area contributed by atoms with Crippen molar-refractivity contribution in [2.75, 3.05) is 26.2 Å². The van der Waals surface area contributed by atoms with Gasteiger partial charge in [-0.1, -0.05) is 36.2 Å². The molecule has 1 amide bonds. The number of amides is 1. The minimum absolute atomic E-state index is 0.00438. The van der Waals surface area contributed by atoms with Crippen LogP contribution in [0.15, 0.2) is 18.2 Å². The quantitative estimate of drug-likeness (QED) is 0.833. The first-order valence-corrected chi connectivity index (χ1v) is 8.84. The van der Waals surface area contributed by atoms with E-state index in [9.17, 15) is 9.59 Å². The van der Waals surface area contributed by atoms with Crippen molar-refractivity contribution >= 4 is 35.1 Å². The number of carboxylic acids is 1. The molecule has 1 aliphatic heterocycles. The van der Waals surface area contributed by atoms with E-state index in [0.717, 1.165) is 12.8 Å². The average molecular weight is 373 g/mol. The highest BCUT2D eigenvalue weighted by molar-refractivity contribution is 6.36. The van der Waals surface area contributed by atoms with Crippen molar-refractivity contribution < 1.29 is 14.7 Å². The van der Waals surface area contributed by atoms with Crippen LogP contribution in [0.5, 0.6) is 0 Å². The highest BCUT2D eigenvalue weighted by Gasteiger charge is 2.27. The molecular formula is C17H22Cl2N2O3. The van der Waals surface area contributed by atoms with Gasteiger partial charge in [0, 0.05) is 29.2 Å². The van der Waals surface area contributed by atoms with Gasteiger partial charge in [0.05, 0.1) is 13.0 Å². The molecule has 1 saturated heterocycles. The van der Waals surface area contributed by atoms with E-state index < -0.39 is 5.97 Å². The van der Waals surface area contributed by atoms with E-state index in [1.807, 2.05) is 16.7 Å². The van der Waals surface area contributed by atoms with Gasteiger partial charge in [-0.15, -0.1) is 0 Å². The highest BCUT2D eigenvalue weighted by Crippen LogP contribution is 2.26. The first kappa shape index (κ1) is 19.0. The molecule has 0 unspecified atom stereocenters. The predicted molar refractivity (Wildman–Crippen MR) is 94.7 cm³/mol. The van der Waals surface area contributed by atoms with E-state index in [-0.39, 0.29) is 24.9 Å². The van der Waals surface area contributed by atoms with Gasteiger partial charge in [0.15, 0.2) is 0 Å². The van der Waals surface area contributed by atoms with E-state index in [0.29, 0.717) is 35.2 Å². The van der Waals surface area contributed by atoms with Gasteiger partial charge >= 0.3 is 5.97 Å². The molecule has 0 saturated carbocycles. The number of halogens is 2. The van der Waals surface area contributed by atoms with E-state index in [4.69, 9.17) is 28.3 Å². The fraction of sp³-hybridized carbons (Fsp3) is 0.529. The van der Waals surface area contributed by atoms with Crippen molar-refractivity contribution in [3.63, 3.8) is 0 Å². The standard InChI is InChI=1S/C17H22Cl2N2O3/c1-2-20(11-17(23)24)12-6-8-21(9-7-12)16(22)10-13-14(18)4-3-5-15(13)19/h3-5,12H,2,6-11H2,1H3,(H,23,24). The van der Waals surface area contributed by atoms with Crippen LogP contribution >= 0.6 is 23.2 Å². The summed E-state index contributed by atoms with van der Waals surface area (Å²) in [4.78, 5) is 27.2. The topological polar surface area (TPSA) is 60.9 Å². The number of nitrogens with zero attached hydrogens (tertiary/aromatic N) is 2. The molecule has 5 nitrogen and oxygen atoms in total. The van der Waals surface area contributed by atoms with Crippen molar-refractivity contribution in [2.45, 2.75) is 32.2 Å². The summed E-state index contributed by atoms with van der Waals surface area (Å²) < 4.78 is 0. The molecule has 1 heterocycles. The molecule has 0 bridgehead atoms. The number of likely N-dealkylation sites (N-methyl/N-ethyl adjacent to an activating group) is 1. The van der Waals surface area contributed by atoms with Crippen LogP contribution in [0.25, 0.3) is 0 Å². The molecule has 1 aromatic carbocycles. The summed E-state index contributed by atoms with van der Waals surface area (Å²) in [6, 6.07) is 5.42. The molecule has 0 spiro atoms. The van der Waals surface area contributed by atoms with Crippen LogP contribution in [0.2, 0.25) is 10.0 Å². The van der Waals surface area contributed by atoms with Crippen LogP contribution in [0.4, 0.5) is 0 Å². The maximum absolute atomic E-state index is 12.5. The van der Waals surface area contributed by atoms with E-state index in [1.165, 1.54) is 0 Å². The molecule has 24 heavy (non-hydrogen) atoms. The van der Waals surface area contributed by atoms with E-state index >= 15 is 0 Å². The highest BCUT2D eigenvalue weighted by atomic mass is 35.5. The second kappa shape index (κ2) is 8.70. The third kappa shape index (κ3) is 4.85. The van der Waals surface area contributed by atoms with Gasteiger partial charge in [0.1, 0.15) is 0 Å². The van der Waals surface area contributed by atoms with Crippen LogP contribution in [0, 0.1) is 0 Å². The van der Waals surface area contributed by atoms with E-state index in [2.05, 4.69) is 0 Å². The fourth-order valence-electron chi connectivity index (χ4n) is 3.12. The Labute approximate surface area is 152 Å². The molecular weight excluding hydrogens is 351 g/mol. The summed E-state index contributed by atoms with van der Waals surface area (Å²) in [6.07, 6.45) is 1.75. The number of carboxylic acid groups (broad SMARTS) is 1. The number of aliphatic carboxylic acids is 1. The summed E-state index contributed by atoms with van der Waals surface area (Å²) in [6.45, 7) is 3.95. The van der Waals surface area contributed by atoms with Gasteiger partial charge in [-0.2, -0.15) is 0 Å². The van der Waals surface area contributed by atoms with Crippen molar-refractivity contribution in [3.8, 4) is 0 Å². The number of hydrogen-bond donors (Lipinski definition) is 1. The lowest BCUT2D eigenvalue weighted by Gasteiger charge is -2.37. The Bertz CT molecular complexity index is 581. The molecule has 1 fully saturated rings. The zero-order valence-electron chi connectivity index (χ0n) is 13.7. The van der Waals surface area contributed by atoms with Crippen molar-refractivity contribution in [3.05, 3.63) is 33.8 Å².